The number of aromatic nitrogens is 1. The molecule has 0 aliphatic carbocycles. The second kappa shape index (κ2) is 6.07. The van der Waals surface area contributed by atoms with Gasteiger partial charge in [-0.1, -0.05) is 19.0 Å². The second-order valence-electron chi connectivity index (χ2n) is 5.45. The maximum Gasteiger partial charge on any atom is 0.276 e. The zero-order chi connectivity index (χ0) is 14.7. The molecule has 1 saturated heterocycles. The third kappa shape index (κ3) is 3.18. The van der Waals surface area contributed by atoms with E-state index in [4.69, 9.17) is 4.52 Å². The number of hydrogen-bond acceptors (Lipinski definition) is 4. The minimum atomic E-state index is -0.124. The van der Waals surface area contributed by atoms with Crippen LogP contribution in [0.4, 0.5) is 0 Å². The highest BCUT2D eigenvalue weighted by Gasteiger charge is 2.25. The third-order valence-corrected chi connectivity index (χ3v) is 3.44. The van der Waals surface area contributed by atoms with Crippen molar-refractivity contribution in [3.05, 3.63) is 17.5 Å². The van der Waals surface area contributed by atoms with E-state index in [0.29, 0.717) is 37.6 Å². The molecular weight excluding hydrogens is 258 g/mol. The van der Waals surface area contributed by atoms with Crippen LogP contribution in [0.15, 0.2) is 10.6 Å². The highest BCUT2D eigenvalue weighted by Crippen LogP contribution is 2.11. The summed E-state index contributed by atoms with van der Waals surface area (Å²) in [6, 6.07) is 1.64. The molecule has 0 unspecified atom stereocenters. The highest BCUT2D eigenvalue weighted by molar-refractivity contribution is 5.92. The molecule has 0 N–H and O–H groups in total. The summed E-state index contributed by atoms with van der Waals surface area (Å²) in [5.41, 5.74) is 0.339. The quantitative estimate of drug-likeness (QED) is 0.818. The molecule has 20 heavy (non-hydrogen) atoms. The first kappa shape index (κ1) is 14.6. The van der Waals surface area contributed by atoms with Gasteiger partial charge in [0.25, 0.3) is 5.91 Å². The molecule has 1 aliphatic heterocycles. The van der Waals surface area contributed by atoms with Gasteiger partial charge >= 0.3 is 0 Å². The van der Waals surface area contributed by atoms with Crippen LogP contribution in [-0.4, -0.2) is 52.9 Å². The lowest BCUT2D eigenvalue weighted by Gasteiger charge is -2.23. The van der Waals surface area contributed by atoms with Gasteiger partial charge in [-0.15, -0.1) is 0 Å². The van der Waals surface area contributed by atoms with Crippen LogP contribution in [0.3, 0.4) is 0 Å². The maximum absolute atomic E-state index is 12.3. The van der Waals surface area contributed by atoms with Crippen LogP contribution in [0.1, 0.15) is 36.5 Å². The van der Waals surface area contributed by atoms with E-state index in [-0.39, 0.29) is 17.7 Å². The first-order chi connectivity index (χ1) is 9.49. The average Bonchev–Trinajstić information content (AvgIpc) is 2.71. The van der Waals surface area contributed by atoms with Crippen LogP contribution >= 0.6 is 0 Å². The molecule has 1 fully saturated rings. The first-order valence-electron chi connectivity index (χ1n) is 7.00. The number of amides is 2. The Labute approximate surface area is 118 Å². The SMILES string of the molecule is Cc1cc(C(=O)N2CCCN(C(=O)C(C)C)CC2)no1. The summed E-state index contributed by atoms with van der Waals surface area (Å²) in [4.78, 5) is 27.9. The predicted octanol–water partition coefficient (Wildman–Crippen LogP) is 1.31. The van der Waals surface area contributed by atoms with E-state index >= 15 is 0 Å². The van der Waals surface area contributed by atoms with Gasteiger partial charge in [0.1, 0.15) is 5.76 Å². The summed E-state index contributed by atoms with van der Waals surface area (Å²) < 4.78 is 4.94. The molecule has 0 aromatic carbocycles. The highest BCUT2D eigenvalue weighted by atomic mass is 16.5. The molecule has 2 rings (SSSR count). The number of aryl methyl sites for hydroxylation is 1. The van der Waals surface area contributed by atoms with Crippen molar-refractivity contribution in [3.8, 4) is 0 Å². The standard InChI is InChI=1S/C14H21N3O3/c1-10(2)13(18)16-5-4-6-17(8-7-16)14(19)12-9-11(3)20-15-12/h9-10H,4-8H2,1-3H3. The van der Waals surface area contributed by atoms with Crippen LogP contribution in [0.2, 0.25) is 0 Å². The number of hydrogen-bond donors (Lipinski definition) is 0. The number of rotatable bonds is 2. The van der Waals surface area contributed by atoms with Gasteiger partial charge < -0.3 is 14.3 Å². The lowest BCUT2D eigenvalue weighted by molar-refractivity contribution is -0.134. The molecule has 110 valence electrons. The van der Waals surface area contributed by atoms with Gasteiger partial charge in [-0.05, 0) is 13.3 Å². The van der Waals surface area contributed by atoms with Crippen LogP contribution in [0.5, 0.6) is 0 Å². The lowest BCUT2D eigenvalue weighted by Crippen LogP contribution is -2.39. The van der Waals surface area contributed by atoms with Crippen molar-refractivity contribution >= 4 is 11.8 Å². The van der Waals surface area contributed by atoms with Crippen LogP contribution in [-0.2, 0) is 4.79 Å². The smallest absolute Gasteiger partial charge is 0.276 e. The normalized spacial score (nSPS) is 16.4. The van der Waals surface area contributed by atoms with E-state index in [1.54, 1.807) is 17.9 Å². The van der Waals surface area contributed by atoms with E-state index in [9.17, 15) is 9.59 Å². The minimum absolute atomic E-state index is 0.00422. The van der Waals surface area contributed by atoms with E-state index < -0.39 is 0 Å². The summed E-state index contributed by atoms with van der Waals surface area (Å²) in [7, 11) is 0. The number of nitrogens with zero attached hydrogens (tertiary/aromatic N) is 3. The van der Waals surface area contributed by atoms with Crippen molar-refractivity contribution in [2.24, 2.45) is 5.92 Å². The fourth-order valence-electron chi connectivity index (χ4n) is 2.34. The Morgan fingerprint density at radius 2 is 1.85 bits per heavy atom. The summed E-state index contributed by atoms with van der Waals surface area (Å²) >= 11 is 0. The third-order valence-electron chi connectivity index (χ3n) is 3.44. The Morgan fingerprint density at radius 1 is 1.20 bits per heavy atom. The van der Waals surface area contributed by atoms with E-state index in [2.05, 4.69) is 5.16 Å². The van der Waals surface area contributed by atoms with Crippen molar-refractivity contribution in [2.45, 2.75) is 27.2 Å². The van der Waals surface area contributed by atoms with Gasteiger partial charge in [0.15, 0.2) is 5.69 Å². The average molecular weight is 279 g/mol. The van der Waals surface area contributed by atoms with Gasteiger partial charge in [0, 0.05) is 38.2 Å². The number of carbonyl (C=O) groups is 2. The van der Waals surface area contributed by atoms with Crippen molar-refractivity contribution < 1.29 is 14.1 Å². The Kier molecular flexibility index (Phi) is 4.42. The lowest BCUT2D eigenvalue weighted by atomic mass is 10.2. The Bertz CT molecular complexity index is 496. The fraction of sp³-hybridized carbons (Fsp3) is 0.643. The fourth-order valence-corrected chi connectivity index (χ4v) is 2.34. The first-order valence-corrected chi connectivity index (χ1v) is 7.00. The zero-order valence-electron chi connectivity index (χ0n) is 12.3. The van der Waals surface area contributed by atoms with Gasteiger partial charge in [-0.2, -0.15) is 0 Å². The molecule has 2 amide bonds. The Morgan fingerprint density at radius 3 is 2.45 bits per heavy atom. The van der Waals surface area contributed by atoms with E-state index in [0.717, 1.165) is 6.42 Å². The van der Waals surface area contributed by atoms with Gasteiger partial charge in [0.2, 0.25) is 5.91 Å². The molecule has 0 atom stereocenters. The van der Waals surface area contributed by atoms with Gasteiger partial charge in [-0.25, -0.2) is 0 Å². The van der Waals surface area contributed by atoms with Crippen molar-refractivity contribution in [3.63, 3.8) is 0 Å². The molecule has 0 bridgehead atoms. The van der Waals surface area contributed by atoms with Crippen molar-refractivity contribution in [1.29, 1.82) is 0 Å². The van der Waals surface area contributed by atoms with E-state index in [1.165, 1.54) is 0 Å². The molecule has 6 nitrogen and oxygen atoms in total. The minimum Gasteiger partial charge on any atom is -0.361 e. The van der Waals surface area contributed by atoms with Crippen LogP contribution in [0, 0.1) is 12.8 Å². The molecular formula is C14H21N3O3. The summed E-state index contributed by atoms with van der Waals surface area (Å²) in [5.74, 6) is 0.646. The summed E-state index contributed by atoms with van der Waals surface area (Å²) in [5, 5.41) is 3.76. The Balaban J connectivity index is 1.99. The van der Waals surface area contributed by atoms with Gasteiger partial charge in [0.05, 0.1) is 0 Å². The largest absolute Gasteiger partial charge is 0.361 e. The zero-order valence-corrected chi connectivity index (χ0v) is 12.3. The maximum atomic E-state index is 12.3. The molecule has 2 heterocycles. The molecule has 1 aliphatic rings. The molecule has 0 radical (unpaired) electrons. The summed E-state index contributed by atoms with van der Waals surface area (Å²) in [6.45, 7) is 8.03. The van der Waals surface area contributed by atoms with Gasteiger partial charge in [-0.3, -0.25) is 9.59 Å². The van der Waals surface area contributed by atoms with Crippen LogP contribution in [0.25, 0.3) is 0 Å². The predicted molar refractivity (Wildman–Crippen MR) is 73.2 cm³/mol. The monoisotopic (exact) mass is 279 g/mol. The summed E-state index contributed by atoms with van der Waals surface area (Å²) in [6.07, 6.45) is 0.793. The molecule has 0 spiro atoms. The molecule has 6 heteroatoms. The molecule has 0 saturated carbocycles. The van der Waals surface area contributed by atoms with Crippen molar-refractivity contribution in [1.82, 2.24) is 15.0 Å². The molecule has 1 aromatic rings. The van der Waals surface area contributed by atoms with Crippen LogP contribution < -0.4 is 0 Å². The molecule has 1 aromatic heterocycles. The van der Waals surface area contributed by atoms with E-state index in [1.807, 2.05) is 18.7 Å². The van der Waals surface area contributed by atoms with Crippen molar-refractivity contribution in [2.75, 3.05) is 26.2 Å². The number of carbonyl (C=O) groups excluding carboxylic acids is 2. The second-order valence-corrected chi connectivity index (χ2v) is 5.45. The topological polar surface area (TPSA) is 66.7 Å². The Hall–Kier alpha value is -1.85.